The molecule has 6 N–H and O–H groups in total. The van der Waals surface area contributed by atoms with Crippen LogP contribution in [0.5, 0.6) is 17.2 Å². The van der Waals surface area contributed by atoms with Gasteiger partial charge in [-0.3, -0.25) is 4.57 Å². The minimum absolute atomic E-state index is 0.104. The number of methoxy groups -OCH3 is 3. The Morgan fingerprint density at radius 1 is 1.15 bits per heavy atom. The average molecular weight is 475 g/mol. The summed E-state index contributed by atoms with van der Waals surface area (Å²) in [7, 11) is 4.52. The third kappa shape index (κ3) is 4.03. The van der Waals surface area contributed by atoms with Gasteiger partial charge in [-0.25, -0.2) is 20.4 Å². The second-order valence-electron chi connectivity index (χ2n) is 7.29. The number of aliphatic hydroxyl groups excluding tert-OH is 3. The highest BCUT2D eigenvalue weighted by molar-refractivity contribution is 5.85. The number of aliphatic hydroxyl groups is 3. The lowest BCUT2D eigenvalue weighted by molar-refractivity contribution is -0.0501. The summed E-state index contributed by atoms with van der Waals surface area (Å²) in [5.74, 6) is 1.55. The maximum absolute atomic E-state index is 10.5. The number of benzene rings is 1. The first-order chi connectivity index (χ1) is 16.4. The van der Waals surface area contributed by atoms with Gasteiger partial charge in [-0.15, -0.1) is 0 Å². The monoisotopic (exact) mass is 475 g/mol. The van der Waals surface area contributed by atoms with Crippen LogP contribution in [-0.2, 0) is 4.74 Å². The molecule has 3 heterocycles. The Morgan fingerprint density at radius 2 is 1.85 bits per heavy atom. The summed E-state index contributed by atoms with van der Waals surface area (Å²) in [5, 5.41) is 34.4. The molecule has 0 spiro atoms. The molecule has 1 aliphatic rings. The Labute approximate surface area is 193 Å². The van der Waals surface area contributed by atoms with Crippen LogP contribution in [0.1, 0.15) is 11.8 Å². The number of nitrogens with one attached hydrogen (secondary N) is 1. The van der Waals surface area contributed by atoms with Crippen LogP contribution in [0, 0.1) is 0 Å². The molecule has 0 radical (unpaired) electrons. The van der Waals surface area contributed by atoms with Crippen molar-refractivity contribution in [2.24, 2.45) is 5.10 Å². The molecular weight excluding hydrogens is 450 g/mol. The largest absolute Gasteiger partial charge is 0.493 e. The zero-order valence-electron chi connectivity index (χ0n) is 18.6. The van der Waals surface area contributed by atoms with E-state index in [9.17, 15) is 15.3 Å². The number of nitrogens with zero attached hydrogens (tertiary/aromatic N) is 5. The third-order valence-electron chi connectivity index (χ3n) is 5.34. The Balaban J connectivity index is 1.70. The minimum Gasteiger partial charge on any atom is -0.493 e. The maximum atomic E-state index is 10.5. The SMILES string of the molecule is COc1cc(C=NNc2nc3c(N)ncnc3n2C2OC(CO)C(O)C2O)cc(OC)c1OC. The first kappa shape index (κ1) is 23.4. The smallest absolute Gasteiger partial charge is 0.228 e. The second-order valence-corrected chi connectivity index (χ2v) is 7.29. The average Bonchev–Trinajstić information content (AvgIpc) is 3.35. The molecule has 1 fully saturated rings. The normalized spacial score (nSPS) is 22.4. The number of hydrogen-bond donors (Lipinski definition) is 5. The predicted octanol–water partition coefficient (Wildman–Crippen LogP) is -0.508. The molecular formula is C20H25N7O7. The summed E-state index contributed by atoms with van der Waals surface area (Å²) in [6.07, 6.45) is -2.08. The molecule has 3 aromatic rings. The van der Waals surface area contributed by atoms with Gasteiger partial charge in [0.2, 0.25) is 11.7 Å². The maximum Gasteiger partial charge on any atom is 0.228 e. The van der Waals surface area contributed by atoms with E-state index in [1.807, 2.05) is 0 Å². The molecule has 4 atom stereocenters. The van der Waals surface area contributed by atoms with Crippen LogP contribution in [0.2, 0.25) is 0 Å². The molecule has 2 aromatic heterocycles. The van der Waals surface area contributed by atoms with Crippen LogP contribution in [0.4, 0.5) is 11.8 Å². The molecule has 1 saturated heterocycles. The summed E-state index contributed by atoms with van der Waals surface area (Å²) in [4.78, 5) is 12.5. The van der Waals surface area contributed by atoms with E-state index in [1.54, 1.807) is 12.1 Å². The van der Waals surface area contributed by atoms with Gasteiger partial charge in [0.25, 0.3) is 0 Å². The van der Waals surface area contributed by atoms with E-state index in [4.69, 9.17) is 24.7 Å². The minimum atomic E-state index is -1.37. The molecule has 1 aliphatic heterocycles. The Hall–Kier alpha value is -3.72. The molecule has 34 heavy (non-hydrogen) atoms. The molecule has 4 rings (SSSR count). The molecule has 14 nitrogen and oxygen atoms in total. The van der Waals surface area contributed by atoms with E-state index in [2.05, 4.69) is 25.5 Å². The van der Waals surface area contributed by atoms with Gasteiger partial charge in [0.15, 0.2) is 34.7 Å². The first-order valence-electron chi connectivity index (χ1n) is 10.1. The molecule has 0 amide bonds. The number of aromatic nitrogens is 4. The van der Waals surface area contributed by atoms with Gasteiger partial charge in [-0.2, -0.15) is 5.10 Å². The zero-order chi connectivity index (χ0) is 24.4. The van der Waals surface area contributed by atoms with Gasteiger partial charge in [0.05, 0.1) is 34.2 Å². The van der Waals surface area contributed by atoms with E-state index in [0.29, 0.717) is 22.8 Å². The topological polar surface area (TPSA) is 192 Å². The quantitative estimate of drug-likeness (QED) is 0.207. The summed E-state index contributed by atoms with van der Waals surface area (Å²) in [6.45, 7) is -0.486. The third-order valence-corrected chi connectivity index (χ3v) is 5.34. The molecule has 14 heteroatoms. The summed E-state index contributed by atoms with van der Waals surface area (Å²) in [6, 6.07) is 3.40. The molecule has 4 unspecified atom stereocenters. The summed E-state index contributed by atoms with van der Waals surface area (Å²) >= 11 is 0. The van der Waals surface area contributed by atoms with E-state index in [-0.39, 0.29) is 22.9 Å². The highest BCUT2D eigenvalue weighted by atomic mass is 16.6. The van der Waals surface area contributed by atoms with Gasteiger partial charge in [0, 0.05) is 5.56 Å². The van der Waals surface area contributed by atoms with Crippen molar-refractivity contribution in [3.63, 3.8) is 0 Å². The van der Waals surface area contributed by atoms with Crippen molar-refractivity contribution in [3.05, 3.63) is 24.0 Å². The Morgan fingerprint density at radius 3 is 2.44 bits per heavy atom. The van der Waals surface area contributed by atoms with Crippen LogP contribution in [0.3, 0.4) is 0 Å². The van der Waals surface area contributed by atoms with E-state index in [1.165, 1.54) is 38.4 Å². The number of fused-ring (bicyclic) bond motifs is 1. The number of rotatable bonds is 8. The second kappa shape index (κ2) is 9.64. The highest BCUT2D eigenvalue weighted by Crippen LogP contribution is 2.38. The fraction of sp³-hybridized carbons (Fsp3) is 0.400. The van der Waals surface area contributed by atoms with Crippen molar-refractivity contribution in [2.75, 3.05) is 39.1 Å². The van der Waals surface area contributed by atoms with Crippen molar-refractivity contribution < 1.29 is 34.3 Å². The van der Waals surface area contributed by atoms with Gasteiger partial charge in [-0.05, 0) is 12.1 Å². The molecule has 0 aliphatic carbocycles. The van der Waals surface area contributed by atoms with Crippen LogP contribution >= 0.6 is 0 Å². The van der Waals surface area contributed by atoms with E-state index < -0.39 is 31.1 Å². The van der Waals surface area contributed by atoms with E-state index in [0.717, 1.165) is 0 Å². The standard InChI is InChI=1S/C20H25N7O7/c1-31-10-4-9(5-11(32-2)16(10)33-3)6-24-26-20-25-13-17(21)22-8-23-18(13)27(20)19-15(30)14(29)12(7-28)34-19/h4-6,8,12,14-15,19,28-30H,7H2,1-3H3,(H,25,26)(H2,21,22,23). The highest BCUT2D eigenvalue weighted by Gasteiger charge is 2.45. The number of ether oxygens (including phenoxy) is 4. The predicted molar refractivity (Wildman–Crippen MR) is 120 cm³/mol. The first-order valence-corrected chi connectivity index (χ1v) is 10.1. The van der Waals surface area contributed by atoms with Gasteiger partial charge >= 0.3 is 0 Å². The van der Waals surface area contributed by atoms with Crippen molar-refractivity contribution in [1.29, 1.82) is 0 Å². The number of hydrogen-bond acceptors (Lipinski definition) is 13. The summed E-state index contributed by atoms with van der Waals surface area (Å²) < 4.78 is 23.1. The van der Waals surface area contributed by atoms with Crippen LogP contribution in [-0.4, -0.2) is 87.3 Å². The van der Waals surface area contributed by atoms with Crippen molar-refractivity contribution >= 4 is 29.1 Å². The van der Waals surface area contributed by atoms with Crippen LogP contribution in [0.15, 0.2) is 23.6 Å². The molecule has 182 valence electrons. The number of imidazole rings is 1. The zero-order valence-corrected chi connectivity index (χ0v) is 18.6. The lowest BCUT2D eigenvalue weighted by Gasteiger charge is -2.18. The lowest BCUT2D eigenvalue weighted by Crippen LogP contribution is -2.33. The van der Waals surface area contributed by atoms with E-state index >= 15 is 0 Å². The molecule has 0 saturated carbocycles. The van der Waals surface area contributed by atoms with Crippen molar-refractivity contribution in [1.82, 2.24) is 19.5 Å². The molecule has 0 bridgehead atoms. The summed E-state index contributed by atoms with van der Waals surface area (Å²) in [5.41, 5.74) is 9.82. The fourth-order valence-electron chi connectivity index (χ4n) is 3.68. The fourth-order valence-corrected chi connectivity index (χ4v) is 3.68. The van der Waals surface area contributed by atoms with Crippen LogP contribution in [0.25, 0.3) is 11.2 Å². The Kier molecular flexibility index (Phi) is 6.65. The Bertz CT molecular complexity index is 1180. The van der Waals surface area contributed by atoms with Crippen molar-refractivity contribution in [3.8, 4) is 17.2 Å². The van der Waals surface area contributed by atoms with Gasteiger partial charge < -0.3 is 40.0 Å². The van der Waals surface area contributed by atoms with Crippen LogP contribution < -0.4 is 25.4 Å². The number of nitrogen functional groups attached to an aromatic ring is 1. The number of hydrazone groups is 1. The molecule has 1 aromatic carbocycles. The number of anilines is 2. The van der Waals surface area contributed by atoms with Gasteiger partial charge in [0.1, 0.15) is 24.6 Å². The van der Waals surface area contributed by atoms with Crippen molar-refractivity contribution in [2.45, 2.75) is 24.5 Å². The lowest BCUT2D eigenvalue weighted by atomic mass is 10.1. The van der Waals surface area contributed by atoms with Gasteiger partial charge in [-0.1, -0.05) is 0 Å². The number of nitrogens with two attached hydrogens (primary N) is 1.